The number of nitro groups is 1. The summed E-state index contributed by atoms with van der Waals surface area (Å²) in [5, 5.41) is 10.6. The maximum Gasteiger partial charge on any atom is 0.243 e. The van der Waals surface area contributed by atoms with Crippen molar-refractivity contribution in [3.05, 3.63) is 76.0 Å². The number of sulfone groups is 1. The first-order valence-corrected chi connectivity index (χ1v) is 7.62. The van der Waals surface area contributed by atoms with Crippen molar-refractivity contribution in [2.75, 3.05) is 0 Å². The molecule has 0 aliphatic carbocycles. The van der Waals surface area contributed by atoms with Gasteiger partial charge in [0.1, 0.15) is 0 Å². The zero-order chi connectivity index (χ0) is 15.5. The van der Waals surface area contributed by atoms with Crippen LogP contribution >= 0.6 is 0 Å². The molecular weight excluding hydrogens is 290 g/mol. The van der Waals surface area contributed by atoms with E-state index in [-0.39, 0.29) is 15.5 Å². The summed E-state index contributed by atoms with van der Waals surface area (Å²) in [6.45, 7) is 1.38. The second-order valence-electron chi connectivity index (χ2n) is 4.43. The van der Waals surface area contributed by atoms with Crippen LogP contribution in [0.5, 0.6) is 0 Å². The van der Waals surface area contributed by atoms with Gasteiger partial charge in [0.15, 0.2) is 0 Å². The van der Waals surface area contributed by atoms with Gasteiger partial charge in [-0.3, -0.25) is 10.1 Å². The third kappa shape index (κ3) is 3.35. The topological polar surface area (TPSA) is 77.3 Å². The first-order valence-electron chi connectivity index (χ1n) is 6.14. The predicted molar refractivity (Wildman–Crippen MR) is 79.0 cm³/mol. The van der Waals surface area contributed by atoms with Crippen molar-refractivity contribution in [3.8, 4) is 0 Å². The van der Waals surface area contributed by atoms with E-state index in [0.717, 1.165) is 0 Å². The Morgan fingerprint density at radius 3 is 2.05 bits per heavy atom. The van der Waals surface area contributed by atoms with Gasteiger partial charge in [0, 0.05) is 13.0 Å². The molecule has 0 amide bonds. The Hall–Kier alpha value is -2.47. The van der Waals surface area contributed by atoms with E-state index < -0.39 is 14.8 Å². The van der Waals surface area contributed by atoms with Crippen LogP contribution in [0.15, 0.2) is 70.1 Å². The van der Waals surface area contributed by atoms with Gasteiger partial charge in [-0.2, -0.15) is 0 Å². The summed E-state index contributed by atoms with van der Waals surface area (Å²) in [6, 6.07) is 14.1. The van der Waals surface area contributed by atoms with Crippen molar-refractivity contribution in [2.24, 2.45) is 0 Å². The number of benzene rings is 2. The molecule has 0 fully saturated rings. The molecule has 5 nitrogen and oxygen atoms in total. The van der Waals surface area contributed by atoms with Gasteiger partial charge in [0.2, 0.25) is 15.5 Å². The summed E-state index contributed by atoms with van der Waals surface area (Å²) >= 11 is 0. The van der Waals surface area contributed by atoms with Crippen LogP contribution < -0.4 is 0 Å². The van der Waals surface area contributed by atoms with E-state index in [2.05, 4.69) is 0 Å². The highest BCUT2D eigenvalue weighted by molar-refractivity contribution is 7.91. The van der Waals surface area contributed by atoms with Crippen molar-refractivity contribution < 1.29 is 13.3 Å². The van der Waals surface area contributed by atoms with Gasteiger partial charge in [-0.25, -0.2) is 8.42 Å². The molecular formula is C15H13NO4S. The monoisotopic (exact) mass is 303 g/mol. The maximum absolute atomic E-state index is 12.4. The van der Waals surface area contributed by atoms with Crippen LogP contribution in [-0.4, -0.2) is 13.3 Å². The zero-order valence-electron chi connectivity index (χ0n) is 11.3. The quantitative estimate of drug-likeness (QED) is 0.642. The molecule has 0 saturated carbocycles. The fourth-order valence-electron chi connectivity index (χ4n) is 1.77. The normalized spacial score (nSPS) is 12.1. The molecule has 0 spiro atoms. The molecule has 0 aliphatic rings. The van der Waals surface area contributed by atoms with E-state index in [0.29, 0.717) is 5.56 Å². The van der Waals surface area contributed by atoms with Gasteiger partial charge in [0.25, 0.3) is 0 Å². The van der Waals surface area contributed by atoms with E-state index in [1.807, 2.05) is 0 Å². The van der Waals surface area contributed by atoms with Crippen LogP contribution in [0.1, 0.15) is 12.5 Å². The highest BCUT2D eigenvalue weighted by atomic mass is 32.2. The minimum Gasteiger partial charge on any atom is -0.259 e. The SMILES string of the molecule is C/C(=C/c1ccc(S(=O)(=O)c2ccccc2)cc1)[N+](=O)[O-]. The average Bonchev–Trinajstić information content (AvgIpc) is 2.48. The fourth-order valence-corrected chi connectivity index (χ4v) is 3.05. The van der Waals surface area contributed by atoms with Crippen LogP contribution in [-0.2, 0) is 9.84 Å². The maximum atomic E-state index is 12.4. The molecule has 2 rings (SSSR count). The van der Waals surface area contributed by atoms with E-state index in [9.17, 15) is 18.5 Å². The van der Waals surface area contributed by atoms with Crippen LogP contribution in [0.25, 0.3) is 6.08 Å². The summed E-state index contributed by atoms with van der Waals surface area (Å²) in [6.07, 6.45) is 1.39. The minimum atomic E-state index is -3.56. The van der Waals surface area contributed by atoms with E-state index in [1.54, 1.807) is 30.3 Å². The zero-order valence-corrected chi connectivity index (χ0v) is 12.1. The van der Waals surface area contributed by atoms with Gasteiger partial charge in [-0.1, -0.05) is 30.3 Å². The lowest BCUT2D eigenvalue weighted by atomic mass is 10.2. The molecule has 2 aromatic carbocycles. The van der Waals surface area contributed by atoms with E-state index in [4.69, 9.17) is 0 Å². The van der Waals surface area contributed by atoms with Crippen molar-refractivity contribution >= 4 is 15.9 Å². The molecule has 0 heterocycles. The van der Waals surface area contributed by atoms with Crippen molar-refractivity contribution in [2.45, 2.75) is 16.7 Å². The molecule has 0 aromatic heterocycles. The first kappa shape index (κ1) is 14.9. The molecule has 2 aromatic rings. The largest absolute Gasteiger partial charge is 0.259 e. The van der Waals surface area contributed by atoms with Gasteiger partial charge in [0.05, 0.1) is 14.7 Å². The Labute approximate surface area is 122 Å². The van der Waals surface area contributed by atoms with Crippen LogP contribution in [0.4, 0.5) is 0 Å². The molecule has 6 heteroatoms. The lowest BCUT2D eigenvalue weighted by molar-refractivity contribution is -0.422. The lowest BCUT2D eigenvalue weighted by Gasteiger charge is -2.04. The number of rotatable bonds is 4. The molecule has 108 valence electrons. The van der Waals surface area contributed by atoms with Gasteiger partial charge < -0.3 is 0 Å². The number of nitrogens with zero attached hydrogens (tertiary/aromatic N) is 1. The summed E-state index contributed by atoms with van der Waals surface area (Å²) in [4.78, 5) is 10.4. The number of hydrogen-bond acceptors (Lipinski definition) is 4. The van der Waals surface area contributed by atoms with Crippen molar-refractivity contribution in [1.29, 1.82) is 0 Å². The summed E-state index contributed by atoms with van der Waals surface area (Å²) < 4.78 is 24.7. The van der Waals surface area contributed by atoms with Gasteiger partial charge in [-0.05, 0) is 29.8 Å². The Bertz CT molecular complexity index is 778. The van der Waals surface area contributed by atoms with E-state index in [1.165, 1.54) is 37.3 Å². The molecule has 0 N–H and O–H groups in total. The third-order valence-electron chi connectivity index (χ3n) is 2.91. The average molecular weight is 303 g/mol. The third-order valence-corrected chi connectivity index (χ3v) is 4.69. The second-order valence-corrected chi connectivity index (χ2v) is 6.38. The molecule has 0 aliphatic heterocycles. The molecule has 0 radical (unpaired) electrons. The second kappa shape index (κ2) is 5.88. The first-order chi connectivity index (χ1) is 9.91. The molecule has 0 bridgehead atoms. The molecule has 0 atom stereocenters. The summed E-state index contributed by atoms with van der Waals surface area (Å²) in [5.74, 6) is 0. The Morgan fingerprint density at radius 1 is 1.00 bits per heavy atom. The van der Waals surface area contributed by atoms with Crippen molar-refractivity contribution in [1.82, 2.24) is 0 Å². The standard InChI is InChI=1S/C15H13NO4S/c1-12(16(17)18)11-13-7-9-15(10-8-13)21(19,20)14-5-3-2-4-6-14/h2-11H,1H3/b12-11-. The highest BCUT2D eigenvalue weighted by Crippen LogP contribution is 2.21. The lowest BCUT2D eigenvalue weighted by Crippen LogP contribution is -2.01. The van der Waals surface area contributed by atoms with Gasteiger partial charge in [-0.15, -0.1) is 0 Å². The molecule has 0 saturated heterocycles. The summed E-state index contributed by atoms with van der Waals surface area (Å²) in [5.41, 5.74) is 0.574. The van der Waals surface area contributed by atoms with E-state index >= 15 is 0 Å². The number of hydrogen-bond donors (Lipinski definition) is 0. The Balaban J connectivity index is 2.36. The van der Waals surface area contributed by atoms with Gasteiger partial charge >= 0.3 is 0 Å². The highest BCUT2D eigenvalue weighted by Gasteiger charge is 2.16. The Kier molecular flexibility index (Phi) is 4.18. The minimum absolute atomic E-state index is 0.00586. The summed E-state index contributed by atoms with van der Waals surface area (Å²) in [7, 11) is -3.56. The molecule has 0 unspecified atom stereocenters. The van der Waals surface area contributed by atoms with Crippen molar-refractivity contribution in [3.63, 3.8) is 0 Å². The smallest absolute Gasteiger partial charge is 0.243 e. The fraction of sp³-hybridized carbons (Fsp3) is 0.0667. The van der Waals surface area contributed by atoms with Crippen LogP contribution in [0.3, 0.4) is 0 Å². The van der Waals surface area contributed by atoms with Crippen LogP contribution in [0, 0.1) is 10.1 Å². The van der Waals surface area contributed by atoms with Crippen LogP contribution in [0.2, 0.25) is 0 Å². The predicted octanol–water partition coefficient (Wildman–Crippen LogP) is 3.16. The Morgan fingerprint density at radius 2 is 1.52 bits per heavy atom. The molecule has 21 heavy (non-hydrogen) atoms. The number of allylic oxidation sites excluding steroid dienone is 1.